The number of nitrogens with zero attached hydrogens (tertiary/aromatic N) is 1. The Morgan fingerprint density at radius 2 is 1.68 bits per heavy atom. The summed E-state index contributed by atoms with van der Waals surface area (Å²) in [5.41, 5.74) is -0.138. The van der Waals surface area contributed by atoms with Crippen molar-refractivity contribution in [1.29, 1.82) is 0 Å². The van der Waals surface area contributed by atoms with Crippen LogP contribution in [0, 0.1) is 17.6 Å². The summed E-state index contributed by atoms with van der Waals surface area (Å²) in [6.07, 6.45) is -3.83. The third-order valence-electron chi connectivity index (χ3n) is 4.21. The third kappa shape index (κ3) is 3.81. The van der Waals surface area contributed by atoms with Gasteiger partial charge in [0.15, 0.2) is 0 Å². The molecule has 1 heterocycles. The van der Waals surface area contributed by atoms with Crippen molar-refractivity contribution in [2.45, 2.75) is 12.6 Å². The number of amides is 1. The molecule has 25 heavy (non-hydrogen) atoms. The Bertz CT molecular complexity index is 779. The molecule has 0 aromatic heterocycles. The van der Waals surface area contributed by atoms with E-state index in [0.717, 1.165) is 29.8 Å². The van der Waals surface area contributed by atoms with Crippen molar-refractivity contribution in [2.75, 3.05) is 13.1 Å². The van der Waals surface area contributed by atoms with Crippen molar-refractivity contribution in [3.8, 4) is 0 Å². The molecule has 0 radical (unpaired) electrons. The van der Waals surface area contributed by atoms with Gasteiger partial charge in [0.1, 0.15) is 11.6 Å². The fourth-order valence-electron chi connectivity index (χ4n) is 2.86. The molecule has 0 aliphatic carbocycles. The van der Waals surface area contributed by atoms with Gasteiger partial charge in [-0.25, -0.2) is 8.78 Å². The van der Waals surface area contributed by atoms with E-state index in [0.29, 0.717) is 25.6 Å². The minimum atomic E-state index is -4.36. The molecule has 0 unspecified atom stereocenters. The summed E-state index contributed by atoms with van der Waals surface area (Å²) in [4.78, 5) is 13.6. The van der Waals surface area contributed by atoms with Crippen LogP contribution in [0.2, 0.25) is 0 Å². The number of benzene rings is 2. The first kappa shape index (κ1) is 17.4. The summed E-state index contributed by atoms with van der Waals surface area (Å²) >= 11 is 0. The van der Waals surface area contributed by atoms with E-state index >= 15 is 0 Å². The number of halogens is 5. The van der Waals surface area contributed by atoms with Gasteiger partial charge in [0.05, 0.1) is 11.1 Å². The van der Waals surface area contributed by atoms with E-state index < -0.39 is 29.3 Å². The maximum atomic E-state index is 13.6. The highest BCUT2D eigenvalue weighted by Gasteiger charge is 2.33. The van der Waals surface area contributed by atoms with Crippen LogP contribution in [0.5, 0.6) is 0 Å². The van der Waals surface area contributed by atoms with Gasteiger partial charge in [-0.2, -0.15) is 13.2 Å². The lowest BCUT2D eigenvalue weighted by atomic mass is 9.91. The number of rotatable bonds is 3. The lowest BCUT2D eigenvalue weighted by Gasteiger charge is -2.39. The highest BCUT2D eigenvalue weighted by molar-refractivity contribution is 5.95. The predicted molar refractivity (Wildman–Crippen MR) is 80.9 cm³/mol. The highest BCUT2D eigenvalue weighted by Crippen LogP contribution is 2.30. The zero-order chi connectivity index (χ0) is 18.2. The lowest BCUT2D eigenvalue weighted by Crippen LogP contribution is -2.50. The Morgan fingerprint density at radius 1 is 1.04 bits per heavy atom. The van der Waals surface area contributed by atoms with E-state index in [1.165, 1.54) is 17.0 Å². The Morgan fingerprint density at radius 3 is 2.24 bits per heavy atom. The van der Waals surface area contributed by atoms with Crippen LogP contribution in [0.1, 0.15) is 21.5 Å². The molecule has 1 aliphatic rings. The van der Waals surface area contributed by atoms with Crippen molar-refractivity contribution in [3.05, 3.63) is 70.8 Å². The molecule has 0 spiro atoms. The maximum Gasteiger partial charge on any atom is 0.416 e. The Hall–Kier alpha value is -2.44. The molecule has 0 saturated carbocycles. The molecular weight excluding hydrogens is 341 g/mol. The van der Waals surface area contributed by atoms with Gasteiger partial charge < -0.3 is 4.90 Å². The minimum absolute atomic E-state index is 0.101. The molecular formula is C18H14F5NO. The molecule has 1 aliphatic heterocycles. The van der Waals surface area contributed by atoms with E-state index in [2.05, 4.69) is 0 Å². The van der Waals surface area contributed by atoms with Gasteiger partial charge >= 0.3 is 6.18 Å². The van der Waals surface area contributed by atoms with Gasteiger partial charge in [-0.05, 0) is 42.2 Å². The van der Waals surface area contributed by atoms with E-state index in [1.807, 2.05) is 0 Å². The van der Waals surface area contributed by atoms with Crippen molar-refractivity contribution in [3.63, 3.8) is 0 Å². The average Bonchev–Trinajstić information content (AvgIpc) is 2.49. The molecule has 0 N–H and O–H groups in total. The monoisotopic (exact) mass is 355 g/mol. The molecule has 1 saturated heterocycles. The molecule has 2 aromatic rings. The summed E-state index contributed by atoms with van der Waals surface area (Å²) in [7, 11) is 0. The van der Waals surface area contributed by atoms with Crippen LogP contribution in [0.25, 0.3) is 0 Å². The fraction of sp³-hybridized carbons (Fsp3) is 0.278. The summed E-state index contributed by atoms with van der Waals surface area (Å²) in [5.74, 6) is -2.07. The predicted octanol–water partition coefficient (Wildman–Crippen LogP) is 4.30. The van der Waals surface area contributed by atoms with Crippen molar-refractivity contribution < 1.29 is 26.7 Å². The van der Waals surface area contributed by atoms with Gasteiger partial charge in [-0.1, -0.05) is 12.1 Å². The van der Waals surface area contributed by atoms with E-state index in [-0.39, 0.29) is 11.5 Å². The SMILES string of the molecule is O=C(c1ccc(F)cc1F)N1CC(Cc2ccc(C(F)(F)F)cc2)C1. The molecule has 1 fully saturated rings. The first-order valence-corrected chi connectivity index (χ1v) is 7.64. The topological polar surface area (TPSA) is 20.3 Å². The number of alkyl halides is 3. The Kier molecular flexibility index (Phi) is 4.49. The van der Waals surface area contributed by atoms with Gasteiger partial charge in [-0.3, -0.25) is 4.79 Å². The molecule has 2 aromatic carbocycles. The second-order valence-electron chi connectivity index (χ2n) is 6.10. The number of hydrogen-bond acceptors (Lipinski definition) is 1. The van der Waals surface area contributed by atoms with Gasteiger partial charge in [0.2, 0.25) is 0 Å². The molecule has 0 bridgehead atoms. The molecule has 132 valence electrons. The standard InChI is InChI=1S/C18H14F5NO/c19-14-5-6-15(16(20)8-14)17(25)24-9-12(10-24)7-11-1-3-13(4-2-11)18(21,22)23/h1-6,8,12H,7,9-10H2. The lowest BCUT2D eigenvalue weighted by molar-refractivity contribution is -0.137. The Balaban J connectivity index is 1.56. The van der Waals surface area contributed by atoms with Crippen molar-refractivity contribution in [2.24, 2.45) is 5.92 Å². The quantitative estimate of drug-likeness (QED) is 0.752. The van der Waals surface area contributed by atoms with Crippen LogP contribution >= 0.6 is 0 Å². The second kappa shape index (κ2) is 6.46. The highest BCUT2D eigenvalue weighted by atomic mass is 19.4. The largest absolute Gasteiger partial charge is 0.416 e. The third-order valence-corrected chi connectivity index (χ3v) is 4.21. The van der Waals surface area contributed by atoms with Gasteiger partial charge in [-0.15, -0.1) is 0 Å². The number of carbonyl (C=O) groups excluding carboxylic acids is 1. The van der Waals surface area contributed by atoms with Gasteiger partial charge in [0, 0.05) is 19.2 Å². The van der Waals surface area contributed by atoms with E-state index in [9.17, 15) is 26.7 Å². The molecule has 2 nitrogen and oxygen atoms in total. The van der Waals surface area contributed by atoms with Crippen LogP contribution in [0.3, 0.4) is 0 Å². The molecule has 3 rings (SSSR count). The van der Waals surface area contributed by atoms with E-state index in [4.69, 9.17) is 0 Å². The first-order chi connectivity index (χ1) is 11.7. The van der Waals surface area contributed by atoms with Crippen molar-refractivity contribution >= 4 is 5.91 Å². The summed E-state index contributed by atoms with van der Waals surface area (Å²) in [5, 5.41) is 0. The van der Waals surface area contributed by atoms with Gasteiger partial charge in [0.25, 0.3) is 5.91 Å². The minimum Gasteiger partial charge on any atom is -0.338 e. The fourth-order valence-corrected chi connectivity index (χ4v) is 2.86. The first-order valence-electron chi connectivity index (χ1n) is 7.64. The van der Waals surface area contributed by atoms with Crippen LogP contribution in [0.15, 0.2) is 42.5 Å². The smallest absolute Gasteiger partial charge is 0.338 e. The summed E-state index contributed by atoms with van der Waals surface area (Å²) < 4.78 is 64.1. The van der Waals surface area contributed by atoms with Crippen LogP contribution in [-0.2, 0) is 12.6 Å². The molecule has 7 heteroatoms. The zero-order valence-corrected chi connectivity index (χ0v) is 13.0. The van der Waals surface area contributed by atoms with Crippen LogP contribution in [0.4, 0.5) is 22.0 Å². The zero-order valence-electron chi connectivity index (χ0n) is 13.0. The average molecular weight is 355 g/mol. The second-order valence-corrected chi connectivity index (χ2v) is 6.10. The maximum absolute atomic E-state index is 13.6. The van der Waals surface area contributed by atoms with Crippen LogP contribution in [-0.4, -0.2) is 23.9 Å². The van der Waals surface area contributed by atoms with E-state index in [1.54, 1.807) is 0 Å². The number of likely N-dealkylation sites (tertiary alicyclic amines) is 1. The van der Waals surface area contributed by atoms with Crippen molar-refractivity contribution in [1.82, 2.24) is 4.90 Å². The molecule has 0 atom stereocenters. The van der Waals surface area contributed by atoms with Crippen LogP contribution < -0.4 is 0 Å². The summed E-state index contributed by atoms with van der Waals surface area (Å²) in [6, 6.07) is 7.70. The number of carbonyl (C=O) groups is 1. The Labute approximate surface area is 140 Å². The number of hydrogen-bond donors (Lipinski definition) is 0. The molecule has 1 amide bonds. The normalized spacial score (nSPS) is 15.2. The summed E-state index contributed by atoms with van der Waals surface area (Å²) in [6.45, 7) is 0.771.